The van der Waals surface area contributed by atoms with Gasteiger partial charge < -0.3 is 10.1 Å². The van der Waals surface area contributed by atoms with E-state index in [9.17, 15) is 8.42 Å². The zero-order valence-electron chi connectivity index (χ0n) is 15.7. The van der Waals surface area contributed by atoms with Crippen molar-refractivity contribution in [2.75, 3.05) is 6.61 Å². The largest absolute Gasteiger partial charge is 0.493 e. The molecule has 0 amide bonds. The van der Waals surface area contributed by atoms with E-state index in [1.54, 1.807) is 24.3 Å². The fourth-order valence-electron chi connectivity index (χ4n) is 4.72. The highest BCUT2D eigenvalue weighted by atomic mass is 35.5. The van der Waals surface area contributed by atoms with Gasteiger partial charge in [0.2, 0.25) is 10.0 Å². The van der Waals surface area contributed by atoms with Crippen LogP contribution in [0.15, 0.2) is 29.2 Å². The van der Waals surface area contributed by atoms with Gasteiger partial charge in [-0.05, 0) is 68.7 Å². The van der Waals surface area contributed by atoms with Gasteiger partial charge in [-0.3, -0.25) is 0 Å². The van der Waals surface area contributed by atoms with Crippen LogP contribution in [0.1, 0.15) is 57.8 Å². The van der Waals surface area contributed by atoms with Crippen LogP contribution in [0.3, 0.4) is 0 Å². The van der Waals surface area contributed by atoms with Crippen LogP contribution >= 0.6 is 12.4 Å². The average molecular weight is 415 g/mol. The molecule has 1 aromatic carbocycles. The van der Waals surface area contributed by atoms with E-state index in [1.807, 2.05) is 0 Å². The molecule has 4 rings (SSSR count). The van der Waals surface area contributed by atoms with Gasteiger partial charge in [-0.25, -0.2) is 13.1 Å². The summed E-state index contributed by atoms with van der Waals surface area (Å²) in [5.74, 6) is 1.40. The van der Waals surface area contributed by atoms with Crippen LogP contribution in [0.5, 0.6) is 5.75 Å². The van der Waals surface area contributed by atoms with Crippen LogP contribution < -0.4 is 14.8 Å². The van der Waals surface area contributed by atoms with Gasteiger partial charge in [0.15, 0.2) is 0 Å². The van der Waals surface area contributed by atoms with Crippen LogP contribution in [0, 0.1) is 5.92 Å². The third-order valence-electron chi connectivity index (χ3n) is 6.14. The monoisotopic (exact) mass is 414 g/mol. The first-order valence-corrected chi connectivity index (χ1v) is 11.6. The minimum absolute atomic E-state index is 0. The quantitative estimate of drug-likeness (QED) is 0.745. The molecule has 5 nitrogen and oxygen atoms in total. The second kappa shape index (κ2) is 9.12. The van der Waals surface area contributed by atoms with Gasteiger partial charge in [0, 0.05) is 18.1 Å². The summed E-state index contributed by atoms with van der Waals surface area (Å²) in [7, 11) is -3.46. The molecular formula is C20H31ClN2O3S. The molecule has 0 radical (unpaired) electrons. The number of sulfonamides is 1. The molecular weight excluding hydrogens is 384 g/mol. The lowest BCUT2D eigenvalue weighted by atomic mass is 9.90. The predicted octanol–water partition coefficient (Wildman–Crippen LogP) is 3.63. The Hall–Kier alpha value is -0.820. The molecule has 1 aliphatic carbocycles. The smallest absolute Gasteiger partial charge is 0.240 e. The summed E-state index contributed by atoms with van der Waals surface area (Å²) < 4.78 is 34.1. The van der Waals surface area contributed by atoms with E-state index in [2.05, 4.69) is 10.0 Å². The van der Waals surface area contributed by atoms with Crippen LogP contribution in [0.25, 0.3) is 0 Å². The first kappa shape index (κ1) is 20.9. The fourth-order valence-corrected chi connectivity index (χ4v) is 5.99. The third kappa shape index (κ3) is 5.37. The SMILES string of the molecule is Cl.O=S(=O)(NC1CC2CCC(C1)N2)c1ccc(OCC2CCCCC2)cc1. The number of nitrogens with one attached hydrogen (secondary N) is 2. The normalized spacial score (nSPS) is 28.5. The van der Waals surface area contributed by atoms with E-state index < -0.39 is 10.0 Å². The maximum atomic E-state index is 12.7. The van der Waals surface area contributed by atoms with Crippen molar-refractivity contribution < 1.29 is 13.2 Å². The minimum atomic E-state index is -3.46. The van der Waals surface area contributed by atoms with Crippen molar-refractivity contribution in [3.8, 4) is 5.75 Å². The zero-order valence-corrected chi connectivity index (χ0v) is 17.4. The Kier molecular flexibility index (Phi) is 7.06. The number of hydrogen-bond acceptors (Lipinski definition) is 4. The first-order chi connectivity index (χ1) is 12.6. The summed E-state index contributed by atoms with van der Waals surface area (Å²) in [6, 6.07) is 7.87. The molecule has 3 aliphatic rings. The van der Waals surface area contributed by atoms with Crippen molar-refractivity contribution in [3.05, 3.63) is 24.3 Å². The first-order valence-electron chi connectivity index (χ1n) is 10.1. The lowest BCUT2D eigenvalue weighted by Crippen LogP contribution is -2.47. The highest BCUT2D eigenvalue weighted by Crippen LogP contribution is 2.28. The summed E-state index contributed by atoms with van der Waals surface area (Å²) in [5.41, 5.74) is 0. The molecule has 3 fully saturated rings. The zero-order chi connectivity index (χ0) is 18.0. The van der Waals surface area contributed by atoms with Gasteiger partial charge in [-0.15, -0.1) is 12.4 Å². The Morgan fingerprint density at radius 2 is 1.59 bits per heavy atom. The van der Waals surface area contributed by atoms with Gasteiger partial charge in [0.25, 0.3) is 0 Å². The Balaban J connectivity index is 0.00000210. The van der Waals surface area contributed by atoms with E-state index >= 15 is 0 Å². The Labute approximate surface area is 169 Å². The van der Waals surface area contributed by atoms with Gasteiger partial charge in [-0.1, -0.05) is 19.3 Å². The maximum absolute atomic E-state index is 12.7. The van der Waals surface area contributed by atoms with Crippen LogP contribution in [-0.4, -0.2) is 33.2 Å². The van der Waals surface area contributed by atoms with Crippen LogP contribution in [0.4, 0.5) is 0 Å². The standard InChI is InChI=1S/C20H30N2O3S.ClH/c23-26(24,22-18-12-16-6-7-17(13-18)21-16)20-10-8-19(9-11-20)25-14-15-4-2-1-3-5-15;/h8-11,15-18,21-22H,1-7,12-14H2;1H. The molecule has 1 aromatic rings. The average Bonchev–Trinajstić information content (AvgIpc) is 2.99. The molecule has 0 aromatic heterocycles. The van der Waals surface area contributed by atoms with E-state index in [4.69, 9.17) is 4.74 Å². The van der Waals surface area contributed by atoms with E-state index in [1.165, 1.54) is 32.1 Å². The van der Waals surface area contributed by atoms with Crippen LogP contribution in [-0.2, 0) is 10.0 Å². The lowest BCUT2D eigenvalue weighted by molar-refractivity contribution is 0.209. The topological polar surface area (TPSA) is 67.4 Å². The maximum Gasteiger partial charge on any atom is 0.240 e. The summed E-state index contributed by atoms with van der Waals surface area (Å²) >= 11 is 0. The molecule has 7 heteroatoms. The van der Waals surface area contributed by atoms with Crippen molar-refractivity contribution in [2.45, 2.75) is 80.8 Å². The molecule has 2 N–H and O–H groups in total. The second-order valence-electron chi connectivity index (χ2n) is 8.21. The molecule has 27 heavy (non-hydrogen) atoms. The predicted molar refractivity (Wildman–Crippen MR) is 109 cm³/mol. The molecule has 2 saturated heterocycles. The van der Waals surface area contributed by atoms with Crippen molar-refractivity contribution in [2.24, 2.45) is 5.92 Å². The highest BCUT2D eigenvalue weighted by Gasteiger charge is 2.35. The van der Waals surface area contributed by atoms with Gasteiger partial charge in [0.05, 0.1) is 11.5 Å². The number of fused-ring (bicyclic) bond motifs is 2. The second-order valence-corrected chi connectivity index (χ2v) is 9.93. The third-order valence-corrected chi connectivity index (χ3v) is 7.68. The lowest BCUT2D eigenvalue weighted by Gasteiger charge is -2.29. The molecule has 0 spiro atoms. The number of rotatable bonds is 6. The molecule has 2 aliphatic heterocycles. The molecule has 1 saturated carbocycles. The van der Waals surface area contributed by atoms with Crippen molar-refractivity contribution in [1.82, 2.24) is 10.0 Å². The summed E-state index contributed by atoms with van der Waals surface area (Å²) in [5, 5.41) is 3.54. The van der Waals surface area contributed by atoms with E-state index in [0.717, 1.165) is 38.0 Å². The van der Waals surface area contributed by atoms with Gasteiger partial charge in [-0.2, -0.15) is 0 Å². The van der Waals surface area contributed by atoms with E-state index in [-0.39, 0.29) is 18.4 Å². The van der Waals surface area contributed by atoms with Crippen molar-refractivity contribution in [3.63, 3.8) is 0 Å². The van der Waals surface area contributed by atoms with Crippen LogP contribution in [0.2, 0.25) is 0 Å². The summed E-state index contributed by atoms with van der Waals surface area (Å²) in [6.45, 7) is 0.738. The Bertz CT molecular complexity index is 692. The van der Waals surface area contributed by atoms with E-state index in [0.29, 0.717) is 22.9 Å². The fraction of sp³-hybridized carbons (Fsp3) is 0.700. The number of halogens is 1. The minimum Gasteiger partial charge on any atom is -0.493 e. The van der Waals surface area contributed by atoms with Gasteiger partial charge >= 0.3 is 0 Å². The summed E-state index contributed by atoms with van der Waals surface area (Å²) in [6.07, 6.45) is 10.5. The highest BCUT2D eigenvalue weighted by molar-refractivity contribution is 7.89. The van der Waals surface area contributed by atoms with Gasteiger partial charge in [0.1, 0.15) is 5.75 Å². The number of ether oxygens (including phenoxy) is 1. The number of hydrogen-bond donors (Lipinski definition) is 2. The molecule has 2 bridgehead atoms. The molecule has 2 unspecified atom stereocenters. The molecule has 152 valence electrons. The Morgan fingerprint density at radius 1 is 0.963 bits per heavy atom. The Morgan fingerprint density at radius 3 is 2.22 bits per heavy atom. The summed E-state index contributed by atoms with van der Waals surface area (Å²) in [4.78, 5) is 0.327. The molecule has 2 heterocycles. The molecule has 2 atom stereocenters. The number of piperidine rings is 1. The van der Waals surface area contributed by atoms with Crippen molar-refractivity contribution in [1.29, 1.82) is 0 Å². The number of benzene rings is 1. The van der Waals surface area contributed by atoms with Crippen molar-refractivity contribution >= 4 is 22.4 Å².